The highest BCUT2D eigenvalue weighted by Gasteiger charge is 2.26. The number of hydrogen-bond donors (Lipinski definition) is 0. The van der Waals surface area contributed by atoms with Gasteiger partial charge in [-0.25, -0.2) is 8.42 Å². The van der Waals surface area contributed by atoms with Crippen molar-refractivity contribution in [1.29, 1.82) is 0 Å². The summed E-state index contributed by atoms with van der Waals surface area (Å²) >= 11 is 12.2. The zero-order chi connectivity index (χ0) is 22.6. The summed E-state index contributed by atoms with van der Waals surface area (Å²) in [6.45, 7) is 0.0285. The van der Waals surface area contributed by atoms with Crippen LogP contribution in [0.5, 0.6) is 17.2 Å². The van der Waals surface area contributed by atoms with Crippen LogP contribution in [-0.4, -0.2) is 29.7 Å². The van der Waals surface area contributed by atoms with Gasteiger partial charge in [-0.05, 0) is 54.1 Å². The molecule has 0 unspecified atom stereocenters. The van der Waals surface area contributed by atoms with E-state index in [4.69, 9.17) is 37.4 Å². The van der Waals surface area contributed by atoms with Crippen molar-refractivity contribution in [3.63, 3.8) is 0 Å². The highest BCUT2D eigenvalue weighted by Crippen LogP contribution is 2.35. The second kappa shape index (κ2) is 9.68. The number of ether oxygens (including phenoxy) is 3. The molecule has 0 aromatic heterocycles. The van der Waals surface area contributed by atoms with Crippen LogP contribution in [0.2, 0.25) is 10.0 Å². The molecule has 0 heterocycles. The molecule has 0 saturated heterocycles. The third kappa shape index (κ3) is 5.01. The Morgan fingerprint density at radius 1 is 0.774 bits per heavy atom. The lowest BCUT2D eigenvalue weighted by atomic mass is 10.2. The molecule has 0 radical (unpaired) electrons. The third-order valence-corrected chi connectivity index (χ3v) is 7.14. The monoisotopic (exact) mass is 481 g/mol. The molecule has 3 rings (SSSR count). The molecular weight excluding hydrogens is 461 g/mol. The lowest BCUT2D eigenvalue weighted by molar-refractivity contribution is 0.355. The number of sulfonamides is 1. The molecule has 3 aromatic rings. The van der Waals surface area contributed by atoms with Crippen LogP contribution in [0.1, 0.15) is 5.56 Å². The quantitative estimate of drug-likeness (QED) is 0.429. The van der Waals surface area contributed by atoms with Gasteiger partial charge in [0, 0.05) is 6.07 Å². The molecule has 0 bridgehead atoms. The summed E-state index contributed by atoms with van der Waals surface area (Å²) in [6.07, 6.45) is 0. The summed E-state index contributed by atoms with van der Waals surface area (Å²) in [7, 11) is 0.580. The molecule has 0 saturated carbocycles. The molecule has 6 nitrogen and oxygen atoms in total. The Hall–Kier alpha value is -2.61. The second-order valence-electron chi connectivity index (χ2n) is 6.47. The molecule has 0 atom stereocenters. The summed E-state index contributed by atoms with van der Waals surface area (Å²) in [5, 5.41) is 0.731. The molecule has 9 heteroatoms. The first kappa shape index (κ1) is 23.1. The Morgan fingerprint density at radius 2 is 1.45 bits per heavy atom. The van der Waals surface area contributed by atoms with Gasteiger partial charge in [-0.1, -0.05) is 29.3 Å². The predicted molar refractivity (Wildman–Crippen MR) is 122 cm³/mol. The minimum Gasteiger partial charge on any atom is -0.497 e. The Balaban J connectivity index is 2.11. The fourth-order valence-electron chi connectivity index (χ4n) is 2.97. The Morgan fingerprint density at radius 3 is 2.03 bits per heavy atom. The Kier molecular flexibility index (Phi) is 7.20. The van der Waals surface area contributed by atoms with Gasteiger partial charge in [-0.15, -0.1) is 0 Å². The van der Waals surface area contributed by atoms with Gasteiger partial charge in [0.1, 0.15) is 5.75 Å². The van der Waals surface area contributed by atoms with Crippen molar-refractivity contribution in [2.45, 2.75) is 11.4 Å². The zero-order valence-corrected chi connectivity index (χ0v) is 19.5. The lowest BCUT2D eigenvalue weighted by Crippen LogP contribution is -2.30. The van der Waals surface area contributed by atoms with Gasteiger partial charge in [0.2, 0.25) is 0 Å². The lowest BCUT2D eigenvalue weighted by Gasteiger charge is -2.26. The topological polar surface area (TPSA) is 65.1 Å². The van der Waals surface area contributed by atoms with Crippen LogP contribution in [0, 0.1) is 0 Å². The molecule has 0 aliphatic rings. The minimum atomic E-state index is -3.94. The van der Waals surface area contributed by atoms with Crippen molar-refractivity contribution >= 4 is 38.9 Å². The number of methoxy groups -OCH3 is 3. The summed E-state index contributed by atoms with van der Waals surface area (Å²) in [6, 6.07) is 16.1. The maximum atomic E-state index is 13.6. The van der Waals surface area contributed by atoms with E-state index in [1.807, 2.05) is 0 Å². The first-order chi connectivity index (χ1) is 14.8. The Bertz CT molecular complexity index is 1170. The van der Waals surface area contributed by atoms with Crippen LogP contribution in [0.4, 0.5) is 5.69 Å². The molecule has 3 aromatic carbocycles. The van der Waals surface area contributed by atoms with Gasteiger partial charge in [0.05, 0.1) is 48.5 Å². The number of anilines is 1. The molecule has 0 aliphatic carbocycles. The molecular formula is C22H21Cl2NO5S. The maximum absolute atomic E-state index is 13.6. The van der Waals surface area contributed by atoms with Crippen molar-refractivity contribution in [3.8, 4) is 17.2 Å². The molecule has 0 spiro atoms. The van der Waals surface area contributed by atoms with Gasteiger partial charge in [-0.3, -0.25) is 4.31 Å². The number of rotatable bonds is 8. The van der Waals surface area contributed by atoms with Crippen LogP contribution in [0.25, 0.3) is 0 Å². The van der Waals surface area contributed by atoms with E-state index >= 15 is 0 Å². The third-order valence-electron chi connectivity index (χ3n) is 4.61. The largest absolute Gasteiger partial charge is 0.497 e. The van der Waals surface area contributed by atoms with E-state index in [-0.39, 0.29) is 11.4 Å². The van der Waals surface area contributed by atoms with E-state index in [2.05, 4.69) is 0 Å². The fourth-order valence-corrected chi connectivity index (χ4v) is 4.74. The van der Waals surface area contributed by atoms with Gasteiger partial charge in [-0.2, -0.15) is 0 Å². The number of halogens is 2. The summed E-state index contributed by atoms with van der Waals surface area (Å²) in [5.41, 5.74) is 1.07. The first-order valence-electron chi connectivity index (χ1n) is 9.13. The first-order valence-corrected chi connectivity index (χ1v) is 11.3. The van der Waals surface area contributed by atoms with Crippen molar-refractivity contribution in [2.75, 3.05) is 25.6 Å². The molecule has 164 valence electrons. The van der Waals surface area contributed by atoms with E-state index in [9.17, 15) is 8.42 Å². The SMILES string of the molecule is COc1ccc(S(=O)(=O)N(Cc2ccc(Cl)c(Cl)c2)c2ccc(OC)c(OC)c2)cc1. The minimum absolute atomic E-state index is 0.0285. The van der Waals surface area contributed by atoms with Crippen molar-refractivity contribution in [1.82, 2.24) is 0 Å². The van der Waals surface area contributed by atoms with Gasteiger partial charge in [0.25, 0.3) is 10.0 Å². The van der Waals surface area contributed by atoms with Crippen molar-refractivity contribution in [2.24, 2.45) is 0 Å². The van der Waals surface area contributed by atoms with Crippen molar-refractivity contribution in [3.05, 3.63) is 76.3 Å². The second-order valence-corrected chi connectivity index (χ2v) is 9.15. The highest BCUT2D eigenvalue weighted by atomic mass is 35.5. The highest BCUT2D eigenvalue weighted by molar-refractivity contribution is 7.92. The van der Waals surface area contributed by atoms with E-state index in [0.717, 1.165) is 0 Å². The molecule has 0 amide bonds. The smallest absolute Gasteiger partial charge is 0.264 e. The molecule has 0 N–H and O–H groups in total. The van der Waals surface area contributed by atoms with Crippen molar-refractivity contribution < 1.29 is 22.6 Å². The molecule has 0 aliphatic heterocycles. The summed E-state index contributed by atoms with van der Waals surface area (Å²) in [4.78, 5) is 0.114. The predicted octanol–water partition coefficient (Wildman–Crippen LogP) is 5.41. The van der Waals surface area contributed by atoms with Crippen LogP contribution < -0.4 is 18.5 Å². The van der Waals surface area contributed by atoms with Gasteiger partial charge in [0.15, 0.2) is 11.5 Å². The number of benzene rings is 3. The Labute approximate surface area is 191 Å². The molecule has 0 fully saturated rings. The van der Waals surface area contributed by atoms with Crippen LogP contribution in [0.15, 0.2) is 65.6 Å². The molecule has 31 heavy (non-hydrogen) atoms. The van der Waals surface area contributed by atoms with E-state index in [1.54, 1.807) is 48.5 Å². The number of hydrogen-bond acceptors (Lipinski definition) is 5. The number of nitrogens with zero attached hydrogens (tertiary/aromatic N) is 1. The van der Waals surface area contributed by atoms with E-state index in [1.165, 1.54) is 37.8 Å². The fraction of sp³-hybridized carbons (Fsp3) is 0.182. The van der Waals surface area contributed by atoms with Gasteiger partial charge < -0.3 is 14.2 Å². The normalized spacial score (nSPS) is 11.1. The maximum Gasteiger partial charge on any atom is 0.264 e. The van der Waals surface area contributed by atoms with Crippen LogP contribution in [0.3, 0.4) is 0 Å². The standard InChI is InChI=1S/C22H21Cl2NO5S/c1-28-17-6-8-18(9-7-17)31(26,27)25(14-15-4-10-19(23)20(24)12-15)16-5-11-21(29-2)22(13-16)30-3/h4-13H,14H2,1-3H3. The average molecular weight is 482 g/mol. The van der Waals surface area contributed by atoms with Gasteiger partial charge >= 0.3 is 0 Å². The van der Waals surface area contributed by atoms with E-state index < -0.39 is 10.0 Å². The summed E-state index contributed by atoms with van der Waals surface area (Å²) < 4.78 is 44.2. The van der Waals surface area contributed by atoms with Crippen LogP contribution in [-0.2, 0) is 16.6 Å². The summed E-state index contributed by atoms with van der Waals surface area (Å²) in [5.74, 6) is 1.45. The van der Waals surface area contributed by atoms with E-state index in [0.29, 0.717) is 38.5 Å². The van der Waals surface area contributed by atoms with Crippen LogP contribution >= 0.6 is 23.2 Å². The zero-order valence-electron chi connectivity index (χ0n) is 17.1. The average Bonchev–Trinajstić information content (AvgIpc) is 2.79.